The summed E-state index contributed by atoms with van der Waals surface area (Å²) in [6.07, 6.45) is 1.58. The van der Waals surface area contributed by atoms with Crippen LogP contribution in [0.15, 0.2) is 18.3 Å². The smallest absolute Gasteiger partial charge is 0.225 e. The Morgan fingerprint density at radius 3 is 2.93 bits per heavy atom. The third kappa shape index (κ3) is 2.73. The predicted octanol–water partition coefficient (Wildman–Crippen LogP) is 0.769. The van der Waals surface area contributed by atoms with Gasteiger partial charge in [-0.25, -0.2) is 9.37 Å². The lowest BCUT2D eigenvalue weighted by Crippen LogP contribution is -2.43. The molecule has 1 saturated heterocycles. The van der Waals surface area contributed by atoms with E-state index in [0.29, 0.717) is 18.2 Å². The van der Waals surface area contributed by atoms with Gasteiger partial charge in [0.15, 0.2) is 0 Å². The number of carbonyl (C=O) groups is 1. The highest BCUT2D eigenvalue weighted by Gasteiger charge is 2.20. The van der Waals surface area contributed by atoms with Gasteiger partial charge >= 0.3 is 0 Å². The van der Waals surface area contributed by atoms with Gasteiger partial charge in [-0.2, -0.15) is 0 Å². The van der Waals surface area contributed by atoms with E-state index in [9.17, 15) is 9.18 Å². The number of aromatic nitrogens is 1. The summed E-state index contributed by atoms with van der Waals surface area (Å²) in [6.45, 7) is 1.79. The van der Waals surface area contributed by atoms with E-state index in [1.165, 1.54) is 12.1 Å². The maximum absolute atomic E-state index is 12.5. The molecule has 0 aromatic carbocycles. The van der Waals surface area contributed by atoms with Gasteiger partial charge in [0.25, 0.3) is 0 Å². The molecule has 80 valence electrons. The summed E-state index contributed by atoms with van der Waals surface area (Å²) < 4.78 is 12.5. The fraction of sp³-hybridized carbons (Fsp3) is 0.400. The van der Waals surface area contributed by atoms with Crippen LogP contribution in [-0.2, 0) is 4.79 Å². The predicted molar refractivity (Wildman–Crippen MR) is 53.8 cm³/mol. The lowest BCUT2D eigenvalue weighted by molar-refractivity contribution is -0.117. The van der Waals surface area contributed by atoms with Crippen LogP contribution >= 0.6 is 0 Å². The molecule has 1 aliphatic heterocycles. The average molecular weight is 209 g/mol. The van der Waals surface area contributed by atoms with Crippen molar-refractivity contribution in [3.63, 3.8) is 0 Å². The number of halogens is 1. The standard InChI is InChI=1S/C10H12FN3O/c11-8-1-2-9(13-6-8)14-10(15)3-7-4-12-5-7/h1-2,6-7,12H,3-5H2,(H,13,14,15). The Bertz CT molecular complexity index is 348. The second-order valence-electron chi connectivity index (χ2n) is 3.64. The number of amides is 1. The van der Waals surface area contributed by atoms with Crippen LogP contribution in [0.3, 0.4) is 0 Å². The van der Waals surface area contributed by atoms with E-state index in [2.05, 4.69) is 15.6 Å². The van der Waals surface area contributed by atoms with Crippen molar-refractivity contribution in [2.75, 3.05) is 18.4 Å². The van der Waals surface area contributed by atoms with Crippen molar-refractivity contribution in [1.82, 2.24) is 10.3 Å². The van der Waals surface area contributed by atoms with Gasteiger partial charge in [-0.3, -0.25) is 4.79 Å². The van der Waals surface area contributed by atoms with Crippen LogP contribution in [-0.4, -0.2) is 24.0 Å². The molecule has 1 aliphatic rings. The van der Waals surface area contributed by atoms with Crippen LogP contribution in [0.2, 0.25) is 0 Å². The van der Waals surface area contributed by atoms with E-state index in [1.54, 1.807) is 0 Å². The first-order chi connectivity index (χ1) is 7.24. The zero-order valence-corrected chi connectivity index (χ0v) is 8.16. The number of anilines is 1. The Morgan fingerprint density at radius 2 is 2.40 bits per heavy atom. The molecule has 15 heavy (non-hydrogen) atoms. The number of hydrogen-bond acceptors (Lipinski definition) is 3. The molecule has 0 spiro atoms. The monoisotopic (exact) mass is 209 g/mol. The fourth-order valence-corrected chi connectivity index (χ4v) is 1.40. The number of pyridine rings is 1. The van der Waals surface area contributed by atoms with E-state index >= 15 is 0 Å². The van der Waals surface area contributed by atoms with Crippen molar-refractivity contribution >= 4 is 11.7 Å². The SMILES string of the molecule is O=C(CC1CNC1)Nc1ccc(F)cn1. The molecule has 0 atom stereocenters. The third-order valence-electron chi connectivity index (χ3n) is 2.33. The first kappa shape index (κ1) is 10.0. The first-order valence-corrected chi connectivity index (χ1v) is 4.86. The van der Waals surface area contributed by atoms with E-state index in [4.69, 9.17) is 0 Å². The van der Waals surface area contributed by atoms with Gasteiger partial charge in [0.1, 0.15) is 11.6 Å². The normalized spacial score (nSPS) is 15.8. The molecule has 0 unspecified atom stereocenters. The summed E-state index contributed by atoms with van der Waals surface area (Å²) in [5.74, 6) is 0.343. The van der Waals surface area contributed by atoms with Gasteiger partial charge in [-0.15, -0.1) is 0 Å². The Morgan fingerprint density at radius 1 is 1.60 bits per heavy atom. The number of rotatable bonds is 3. The number of hydrogen-bond donors (Lipinski definition) is 2. The molecule has 2 heterocycles. The van der Waals surface area contributed by atoms with Gasteiger partial charge in [0.2, 0.25) is 5.91 Å². The van der Waals surface area contributed by atoms with Crippen molar-refractivity contribution in [1.29, 1.82) is 0 Å². The molecule has 1 amide bonds. The first-order valence-electron chi connectivity index (χ1n) is 4.86. The largest absolute Gasteiger partial charge is 0.316 e. The Kier molecular flexibility index (Phi) is 2.91. The van der Waals surface area contributed by atoms with E-state index in [0.717, 1.165) is 19.3 Å². The second-order valence-corrected chi connectivity index (χ2v) is 3.64. The molecule has 1 aromatic rings. The zero-order valence-electron chi connectivity index (χ0n) is 8.16. The summed E-state index contributed by atoms with van der Waals surface area (Å²) in [5.41, 5.74) is 0. The van der Waals surface area contributed by atoms with Crippen molar-refractivity contribution < 1.29 is 9.18 Å². The Hall–Kier alpha value is -1.49. The van der Waals surface area contributed by atoms with Crippen LogP contribution < -0.4 is 10.6 Å². The van der Waals surface area contributed by atoms with Crippen LogP contribution in [0, 0.1) is 11.7 Å². The lowest BCUT2D eigenvalue weighted by Gasteiger charge is -2.26. The third-order valence-corrected chi connectivity index (χ3v) is 2.33. The molecular weight excluding hydrogens is 197 g/mol. The summed E-state index contributed by atoms with van der Waals surface area (Å²) in [6, 6.07) is 2.72. The minimum absolute atomic E-state index is 0.0689. The van der Waals surface area contributed by atoms with Gasteiger partial charge in [0, 0.05) is 6.42 Å². The topological polar surface area (TPSA) is 54.0 Å². The second kappa shape index (κ2) is 4.35. The highest BCUT2D eigenvalue weighted by Crippen LogP contribution is 2.10. The van der Waals surface area contributed by atoms with Gasteiger partial charge < -0.3 is 10.6 Å². The minimum atomic E-state index is -0.406. The molecule has 0 radical (unpaired) electrons. The molecule has 2 N–H and O–H groups in total. The van der Waals surface area contributed by atoms with Crippen molar-refractivity contribution in [3.8, 4) is 0 Å². The van der Waals surface area contributed by atoms with Crippen molar-refractivity contribution in [3.05, 3.63) is 24.1 Å². The molecule has 5 heteroatoms. The summed E-state index contributed by atoms with van der Waals surface area (Å²) >= 11 is 0. The minimum Gasteiger partial charge on any atom is -0.316 e. The van der Waals surface area contributed by atoms with Crippen LogP contribution in [0.1, 0.15) is 6.42 Å². The number of nitrogens with zero attached hydrogens (tertiary/aromatic N) is 1. The average Bonchev–Trinajstić information content (AvgIpc) is 2.16. The van der Waals surface area contributed by atoms with E-state index in [1.807, 2.05) is 0 Å². The number of carbonyl (C=O) groups excluding carboxylic acids is 1. The van der Waals surface area contributed by atoms with Crippen LogP contribution in [0.5, 0.6) is 0 Å². The van der Waals surface area contributed by atoms with Gasteiger partial charge in [-0.1, -0.05) is 0 Å². The molecule has 2 rings (SSSR count). The van der Waals surface area contributed by atoms with Gasteiger partial charge in [-0.05, 0) is 31.1 Å². The quantitative estimate of drug-likeness (QED) is 0.773. The molecule has 0 bridgehead atoms. The molecule has 0 aliphatic carbocycles. The molecule has 1 fully saturated rings. The molecular formula is C10H12FN3O. The molecule has 4 nitrogen and oxygen atoms in total. The maximum atomic E-state index is 12.5. The molecule has 1 aromatic heterocycles. The zero-order chi connectivity index (χ0) is 10.7. The molecule has 0 saturated carbocycles. The van der Waals surface area contributed by atoms with E-state index < -0.39 is 5.82 Å². The highest BCUT2D eigenvalue weighted by atomic mass is 19.1. The summed E-state index contributed by atoms with van der Waals surface area (Å²) in [4.78, 5) is 15.2. The summed E-state index contributed by atoms with van der Waals surface area (Å²) in [7, 11) is 0. The van der Waals surface area contributed by atoms with Crippen LogP contribution in [0.25, 0.3) is 0 Å². The van der Waals surface area contributed by atoms with Crippen molar-refractivity contribution in [2.45, 2.75) is 6.42 Å². The van der Waals surface area contributed by atoms with E-state index in [-0.39, 0.29) is 5.91 Å². The van der Waals surface area contributed by atoms with Crippen LogP contribution in [0.4, 0.5) is 10.2 Å². The Balaban J connectivity index is 1.84. The van der Waals surface area contributed by atoms with Crippen molar-refractivity contribution in [2.24, 2.45) is 5.92 Å². The number of nitrogens with one attached hydrogen (secondary N) is 2. The van der Waals surface area contributed by atoms with Gasteiger partial charge in [0.05, 0.1) is 6.20 Å². The maximum Gasteiger partial charge on any atom is 0.225 e. The lowest BCUT2D eigenvalue weighted by atomic mass is 9.99. The highest BCUT2D eigenvalue weighted by molar-refractivity contribution is 5.89. The fourth-order valence-electron chi connectivity index (χ4n) is 1.40. The summed E-state index contributed by atoms with van der Waals surface area (Å²) in [5, 5.41) is 5.72. The Labute approximate surface area is 86.9 Å².